The molecule has 0 bridgehead atoms. The number of carbonyl (C=O) groups is 1. The minimum atomic E-state index is -0.753. The van der Waals surface area contributed by atoms with Crippen LogP contribution < -0.4 is 10.3 Å². The van der Waals surface area contributed by atoms with Gasteiger partial charge in [0.05, 0.1) is 24.1 Å². The first-order valence-corrected chi connectivity index (χ1v) is 13.7. The maximum absolute atomic E-state index is 12.9. The molecule has 0 saturated heterocycles. The van der Waals surface area contributed by atoms with Crippen molar-refractivity contribution in [2.75, 3.05) is 13.2 Å². The van der Waals surface area contributed by atoms with E-state index in [4.69, 9.17) is 19.2 Å². The smallest absolute Gasteiger partial charge is 0.313 e. The SMILES string of the molecule is CCCCOC(Cc1c(C)cc2[nH]c(=O)ccc2c1-c1ccc2c3c(ccnc13)CCO2)OC(=O)C(C)(C)C. The van der Waals surface area contributed by atoms with Crippen molar-refractivity contribution in [2.45, 2.75) is 66.6 Å². The Balaban J connectivity index is 1.71. The van der Waals surface area contributed by atoms with Crippen LogP contribution in [-0.4, -0.2) is 35.4 Å². The van der Waals surface area contributed by atoms with Crippen LogP contribution in [0, 0.1) is 12.3 Å². The Morgan fingerprint density at radius 2 is 2.00 bits per heavy atom. The lowest BCUT2D eigenvalue weighted by Crippen LogP contribution is -2.31. The topological polar surface area (TPSA) is 90.5 Å². The number of hydrogen-bond donors (Lipinski definition) is 1. The van der Waals surface area contributed by atoms with Crippen LogP contribution in [0.2, 0.25) is 0 Å². The zero-order valence-corrected chi connectivity index (χ0v) is 23.3. The number of esters is 1. The number of hydrogen-bond acceptors (Lipinski definition) is 6. The van der Waals surface area contributed by atoms with Crippen LogP contribution in [0.25, 0.3) is 32.9 Å². The summed E-state index contributed by atoms with van der Waals surface area (Å²) in [5, 5.41) is 1.91. The molecule has 1 aliphatic rings. The summed E-state index contributed by atoms with van der Waals surface area (Å²) in [6, 6.07) is 11.5. The average molecular weight is 529 g/mol. The number of carbonyl (C=O) groups excluding carboxylic acids is 1. The van der Waals surface area contributed by atoms with Crippen LogP contribution in [0.5, 0.6) is 5.75 Å². The van der Waals surface area contributed by atoms with Crippen molar-refractivity contribution >= 4 is 27.8 Å². The van der Waals surface area contributed by atoms with Gasteiger partial charge in [0.1, 0.15) is 5.75 Å². The van der Waals surface area contributed by atoms with E-state index in [2.05, 4.69) is 18.0 Å². The lowest BCUT2D eigenvalue weighted by molar-refractivity contribution is -0.187. The first-order valence-electron chi connectivity index (χ1n) is 13.7. The maximum Gasteiger partial charge on any atom is 0.313 e. The van der Waals surface area contributed by atoms with E-state index in [0.717, 1.165) is 69.1 Å². The molecule has 2 aromatic heterocycles. The number of nitrogens with one attached hydrogen (secondary N) is 1. The van der Waals surface area contributed by atoms with Gasteiger partial charge in [0.25, 0.3) is 0 Å². The van der Waals surface area contributed by atoms with Gasteiger partial charge in [0, 0.05) is 47.0 Å². The molecule has 204 valence electrons. The number of H-pyrrole nitrogens is 1. The molecule has 1 aliphatic heterocycles. The van der Waals surface area contributed by atoms with E-state index >= 15 is 0 Å². The van der Waals surface area contributed by atoms with Crippen LogP contribution in [0.3, 0.4) is 0 Å². The summed E-state index contributed by atoms with van der Waals surface area (Å²) < 4.78 is 18.1. The summed E-state index contributed by atoms with van der Waals surface area (Å²) >= 11 is 0. The molecule has 39 heavy (non-hydrogen) atoms. The molecule has 0 fully saturated rings. The van der Waals surface area contributed by atoms with Crippen molar-refractivity contribution in [3.05, 3.63) is 69.6 Å². The van der Waals surface area contributed by atoms with E-state index in [1.165, 1.54) is 5.56 Å². The van der Waals surface area contributed by atoms with E-state index in [1.54, 1.807) is 6.07 Å². The average Bonchev–Trinajstić information content (AvgIpc) is 2.89. The Morgan fingerprint density at radius 1 is 1.18 bits per heavy atom. The van der Waals surface area contributed by atoms with Gasteiger partial charge < -0.3 is 19.2 Å². The van der Waals surface area contributed by atoms with Crippen molar-refractivity contribution in [1.29, 1.82) is 0 Å². The number of fused-ring (bicyclic) bond motifs is 1. The molecule has 3 heterocycles. The predicted molar refractivity (Wildman–Crippen MR) is 153 cm³/mol. The standard InChI is InChI=1S/C32H36N2O5/c1-6-7-15-38-27(39-31(36)32(3,4)5)18-23-19(2)17-24-21(9-11-26(35)34-24)29(23)22-8-10-25-28-20(13-16-37-25)12-14-33-30(22)28/h8-12,14,17,27H,6-7,13,15-16,18H2,1-5H3,(H,34,35). The molecule has 1 N–H and O–H groups in total. The number of ether oxygens (including phenoxy) is 3. The Morgan fingerprint density at radius 3 is 2.77 bits per heavy atom. The lowest BCUT2D eigenvalue weighted by Gasteiger charge is -2.26. The third-order valence-corrected chi connectivity index (χ3v) is 7.22. The molecule has 1 unspecified atom stereocenters. The predicted octanol–water partition coefficient (Wildman–Crippen LogP) is 6.26. The fourth-order valence-electron chi connectivity index (χ4n) is 5.12. The second-order valence-corrected chi connectivity index (χ2v) is 11.2. The normalized spacial score (nSPS) is 13.9. The molecule has 0 amide bonds. The number of nitrogens with zero attached hydrogens (tertiary/aromatic N) is 1. The van der Waals surface area contributed by atoms with Gasteiger partial charge in [-0.1, -0.05) is 13.3 Å². The second-order valence-electron chi connectivity index (χ2n) is 11.2. The number of rotatable bonds is 8. The summed E-state index contributed by atoms with van der Waals surface area (Å²) in [7, 11) is 0. The highest BCUT2D eigenvalue weighted by atomic mass is 16.7. The maximum atomic E-state index is 12.9. The van der Waals surface area contributed by atoms with Crippen LogP contribution >= 0.6 is 0 Å². The third kappa shape index (κ3) is 5.41. The van der Waals surface area contributed by atoms with Crippen molar-refractivity contribution < 1.29 is 19.0 Å². The van der Waals surface area contributed by atoms with E-state index in [-0.39, 0.29) is 11.5 Å². The number of aromatic nitrogens is 2. The highest BCUT2D eigenvalue weighted by Gasteiger charge is 2.29. The lowest BCUT2D eigenvalue weighted by atomic mass is 9.87. The third-order valence-electron chi connectivity index (χ3n) is 7.22. The Hall–Kier alpha value is -3.71. The summed E-state index contributed by atoms with van der Waals surface area (Å²) in [5.74, 6) is 0.517. The van der Waals surface area contributed by atoms with E-state index in [9.17, 15) is 9.59 Å². The number of aryl methyl sites for hydroxylation is 1. The van der Waals surface area contributed by atoms with Crippen molar-refractivity contribution in [3.8, 4) is 16.9 Å². The number of pyridine rings is 2. The van der Waals surface area contributed by atoms with Gasteiger partial charge in [0.15, 0.2) is 0 Å². The van der Waals surface area contributed by atoms with Gasteiger partial charge in [-0.25, -0.2) is 0 Å². The monoisotopic (exact) mass is 528 g/mol. The van der Waals surface area contributed by atoms with Crippen molar-refractivity contribution in [3.63, 3.8) is 0 Å². The van der Waals surface area contributed by atoms with Gasteiger partial charge in [0.2, 0.25) is 11.8 Å². The molecule has 1 atom stereocenters. The van der Waals surface area contributed by atoms with Gasteiger partial charge in [-0.05, 0) is 86.7 Å². The molecule has 0 spiro atoms. The van der Waals surface area contributed by atoms with Crippen molar-refractivity contribution in [2.24, 2.45) is 5.41 Å². The molecule has 0 saturated carbocycles. The Labute approximate surface area is 228 Å². The molecule has 0 radical (unpaired) electrons. The molecular weight excluding hydrogens is 492 g/mol. The largest absolute Gasteiger partial charge is 0.493 e. The number of unbranched alkanes of at least 4 members (excludes halogenated alkanes) is 1. The Bertz CT molecular complexity index is 1590. The second kappa shape index (κ2) is 10.8. The molecule has 5 rings (SSSR count). The van der Waals surface area contributed by atoms with Crippen molar-refractivity contribution in [1.82, 2.24) is 9.97 Å². The van der Waals surface area contributed by atoms with E-state index in [0.29, 0.717) is 19.6 Å². The van der Waals surface area contributed by atoms with Gasteiger partial charge in [-0.15, -0.1) is 0 Å². The summed E-state index contributed by atoms with van der Waals surface area (Å²) in [5.41, 5.74) is 5.80. The number of benzene rings is 2. The first kappa shape index (κ1) is 26.9. The van der Waals surface area contributed by atoms with Gasteiger partial charge in [-0.2, -0.15) is 0 Å². The number of aromatic amines is 1. The summed E-state index contributed by atoms with van der Waals surface area (Å²) in [6.45, 7) is 10.8. The van der Waals surface area contributed by atoms with Crippen LogP contribution in [0.1, 0.15) is 57.2 Å². The molecule has 7 heteroatoms. The molecule has 2 aromatic carbocycles. The minimum Gasteiger partial charge on any atom is -0.493 e. The van der Waals surface area contributed by atoms with Crippen LogP contribution in [0.15, 0.2) is 47.4 Å². The summed E-state index contributed by atoms with van der Waals surface area (Å²) in [4.78, 5) is 33.0. The summed E-state index contributed by atoms with van der Waals surface area (Å²) in [6.07, 6.45) is 4.12. The molecule has 0 aliphatic carbocycles. The van der Waals surface area contributed by atoms with Crippen LogP contribution in [-0.2, 0) is 27.1 Å². The Kier molecular flexibility index (Phi) is 7.45. The fourth-order valence-corrected chi connectivity index (χ4v) is 5.12. The zero-order valence-electron chi connectivity index (χ0n) is 23.3. The fraction of sp³-hybridized carbons (Fsp3) is 0.406. The van der Waals surface area contributed by atoms with E-state index in [1.807, 2.05) is 58.2 Å². The molecular formula is C32H36N2O5. The minimum absolute atomic E-state index is 0.163. The molecule has 4 aromatic rings. The van der Waals surface area contributed by atoms with E-state index < -0.39 is 11.7 Å². The van der Waals surface area contributed by atoms with Crippen LogP contribution in [0.4, 0.5) is 0 Å². The zero-order chi connectivity index (χ0) is 27.7. The first-order chi connectivity index (χ1) is 18.7. The highest BCUT2D eigenvalue weighted by Crippen LogP contribution is 2.42. The van der Waals surface area contributed by atoms with Gasteiger partial charge in [-0.3, -0.25) is 14.6 Å². The molecule has 7 nitrogen and oxygen atoms in total. The highest BCUT2D eigenvalue weighted by molar-refractivity contribution is 6.07. The quantitative estimate of drug-likeness (QED) is 0.165. The van der Waals surface area contributed by atoms with Gasteiger partial charge >= 0.3 is 5.97 Å².